The van der Waals surface area contributed by atoms with E-state index in [4.69, 9.17) is 15.2 Å². The van der Waals surface area contributed by atoms with Crippen LogP contribution in [0, 0.1) is 0 Å². The molecule has 1 aromatic heterocycles. The molecule has 0 aliphatic heterocycles. The highest BCUT2D eigenvalue weighted by Crippen LogP contribution is 2.26. The van der Waals surface area contributed by atoms with Gasteiger partial charge in [0.05, 0.1) is 18.3 Å². The number of benzene rings is 2. The first-order valence-electron chi connectivity index (χ1n) is 7.16. The van der Waals surface area contributed by atoms with E-state index in [1.165, 1.54) is 4.68 Å². The van der Waals surface area contributed by atoms with Crippen molar-refractivity contribution < 1.29 is 14.3 Å². The molecule has 0 bridgehead atoms. The molecule has 3 rings (SSSR count). The fourth-order valence-electron chi connectivity index (χ4n) is 2.29. The summed E-state index contributed by atoms with van der Waals surface area (Å²) < 4.78 is 12.0. The maximum absolute atomic E-state index is 11.9. The first-order valence-corrected chi connectivity index (χ1v) is 7.16. The summed E-state index contributed by atoms with van der Waals surface area (Å²) in [5, 5.41) is 5.18. The number of nitrogens with two attached hydrogens (primary N) is 1. The average molecular weight is 311 g/mol. The van der Waals surface area contributed by atoms with Crippen LogP contribution in [0.2, 0.25) is 0 Å². The minimum atomic E-state index is -0.346. The standard InChI is InChI=1S/C17H17N3O3/c1-22-16-8-15-13(7-14(16)18)9-20(19-15)10-17(21)23-11-12-5-3-2-4-6-12/h2-9H,10-11,18H2,1H3. The maximum Gasteiger partial charge on any atom is 0.328 e. The molecule has 0 saturated heterocycles. The topological polar surface area (TPSA) is 79.4 Å². The lowest BCUT2D eigenvalue weighted by molar-refractivity contribution is -0.145. The number of aromatic nitrogens is 2. The summed E-state index contributed by atoms with van der Waals surface area (Å²) in [5.74, 6) is 0.219. The van der Waals surface area contributed by atoms with Crippen LogP contribution in [0.3, 0.4) is 0 Å². The van der Waals surface area contributed by atoms with Crippen LogP contribution in [-0.4, -0.2) is 22.9 Å². The molecule has 0 radical (unpaired) electrons. The lowest BCUT2D eigenvalue weighted by Gasteiger charge is -2.04. The van der Waals surface area contributed by atoms with Crippen molar-refractivity contribution in [2.45, 2.75) is 13.2 Å². The van der Waals surface area contributed by atoms with E-state index < -0.39 is 0 Å². The molecule has 0 fully saturated rings. The zero-order chi connectivity index (χ0) is 16.2. The third kappa shape index (κ3) is 3.42. The number of anilines is 1. The Balaban J connectivity index is 1.67. The number of carbonyl (C=O) groups is 1. The van der Waals surface area contributed by atoms with E-state index in [0.29, 0.717) is 17.0 Å². The molecule has 23 heavy (non-hydrogen) atoms. The summed E-state index contributed by atoms with van der Waals surface area (Å²) >= 11 is 0. The van der Waals surface area contributed by atoms with Crippen molar-refractivity contribution in [2.75, 3.05) is 12.8 Å². The van der Waals surface area contributed by atoms with E-state index in [0.717, 1.165) is 10.9 Å². The van der Waals surface area contributed by atoms with Gasteiger partial charge in [0.15, 0.2) is 0 Å². The highest BCUT2D eigenvalue weighted by Gasteiger charge is 2.10. The molecule has 1 heterocycles. The molecular formula is C17H17N3O3. The van der Waals surface area contributed by atoms with Crippen molar-refractivity contribution in [1.29, 1.82) is 0 Å². The van der Waals surface area contributed by atoms with E-state index in [-0.39, 0.29) is 19.1 Å². The van der Waals surface area contributed by atoms with Crippen LogP contribution in [0.1, 0.15) is 5.56 Å². The van der Waals surface area contributed by atoms with Crippen LogP contribution in [0.25, 0.3) is 10.9 Å². The molecule has 0 unspecified atom stereocenters. The molecule has 0 spiro atoms. The van der Waals surface area contributed by atoms with Crippen molar-refractivity contribution in [3.05, 3.63) is 54.2 Å². The molecule has 0 saturated carbocycles. The number of carbonyl (C=O) groups excluding carboxylic acids is 1. The van der Waals surface area contributed by atoms with E-state index in [1.807, 2.05) is 30.3 Å². The van der Waals surface area contributed by atoms with E-state index in [1.54, 1.807) is 25.4 Å². The number of hydrogen-bond donors (Lipinski definition) is 1. The Kier molecular flexibility index (Phi) is 4.14. The first kappa shape index (κ1) is 14.9. The van der Waals surface area contributed by atoms with Gasteiger partial charge in [-0.25, -0.2) is 0 Å². The van der Waals surface area contributed by atoms with Crippen LogP contribution >= 0.6 is 0 Å². The Morgan fingerprint density at radius 2 is 2.04 bits per heavy atom. The number of nitrogen functional groups attached to an aromatic ring is 1. The zero-order valence-corrected chi connectivity index (χ0v) is 12.7. The molecule has 6 nitrogen and oxygen atoms in total. The smallest absolute Gasteiger partial charge is 0.328 e. The Bertz CT molecular complexity index is 828. The van der Waals surface area contributed by atoms with Gasteiger partial charge in [0, 0.05) is 17.6 Å². The van der Waals surface area contributed by atoms with Crippen LogP contribution in [0.15, 0.2) is 48.7 Å². The number of rotatable bonds is 5. The van der Waals surface area contributed by atoms with Gasteiger partial charge >= 0.3 is 5.97 Å². The molecule has 2 N–H and O–H groups in total. The maximum atomic E-state index is 11.9. The normalized spacial score (nSPS) is 10.7. The Morgan fingerprint density at radius 3 is 2.78 bits per heavy atom. The van der Waals surface area contributed by atoms with Crippen LogP contribution in [0.5, 0.6) is 5.75 Å². The molecule has 0 aliphatic rings. The van der Waals surface area contributed by atoms with E-state index in [9.17, 15) is 4.79 Å². The summed E-state index contributed by atoms with van der Waals surface area (Å²) in [6.07, 6.45) is 1.76. The first-order chi connectivity index (χ1) is 11.2. The van der Waals surface area contributed by atoms with Gasteiger partial charge in [-0.2, -0.15) is 5.10 Å². The van der Waals surface area contributed by atoms with Gasteiger partial charge in [-0.15, -0.1) is 0 Å². The molecule has 0 atom stereocenters. The fraction of sp³-hybridized carbons (Fsp3) is 0.176. The second kappa shape index (κ2) is 6.39. The fourth-order valence-corrected chi connectivity index (χ4v) is 2.29. The number of hydrogen-bond acceptors (Lipinski definition) is 5. The van der Waals surface area contributed by atoms with Crippen LogP contribution in [-0.2, 0) is 22.7 Å². The second-order valence-electron chi connectivity index (χ2n) is 5.13. The van der Waals surface area contributed by atoms with Gasteiger partial charge in [-0.3, -0.25) is 9.48 Å². The predicted molar refractivity (Wildman–Crippen MR) is 86.9 cm³/mol. The summed E-state index contributed by atoms with van der Waals surface area (Å²) in [6.45, 7) is 0.297. The van der Waals surface area contributed by atoms with Crippen molar-refractivity contribution in [3.63, 3.8) is 0 Å². The minimum Gasteiger partial charge on any atom is -0.495 e. The summed E-state index contributed by atoms with van der Waals surface area (Å²) in [5.41, 5.74) is 8.06. The predicted octanol–water partition coefficient (Wildman–Crippen LogP) is 2.37. The molecule has 0 aliphatic carbocycles. The molecule has 3 aromatic rings. The SMILES string of the molecule is COc1cc2nn(CC(=O)OCc3ccccc3)cc2cc1N. The molecule has 2 aromatic carbocycles. The number of fused-ring (bicyclic) bond motifs is 1. The highest BCUT2D eigenvalue weighted by molar-refractivity contribution is 5.85. The van der Waals surface area contributed by atoms with E-state index in [2.05, 4.69) is 5.10 Å². The van der Waals surface area contributed by atoms with Crippen LogP contribution < -0.4 is 10.5 Å². The molecular weight excluding hydrogens is 294 g/mol. The van der Waals surface area contributed by atoms with Crippen molar-refractivity contribution in [2.24, 2.45) is 0 Å². The van der Waals surface area contributed by atoms with Gasteiger partial charge in [0.1, 0.15) is 18.9 Å². The number of nitrogens with zero attached hydrogens (tertiary/aromatic N) is 2. The number of esters is 1. The summed E-state index contributed by atoms with van der Waals surface area (Å²) in [6, 6.07) is 13.1. The van der Waals surface area contributed by atoms with Gasteiger partial charge in [-0.1, -0.05) is 30.3 Å². The number of methoxy groups -OCH3 is 1. The van der Waals surface area contributed by atoms with Crippen LogP contribution in [0.4, 0.5) is 5.69 Å². The highest BCUT2D eigenvalue weighted by atomic mass is 16.5. The molecule has 6 heteroatoms. The second-order valence-corrected chi connectivity index (χ2v) is 5.13. The molecule has 118 valence electrons. The molecule has 0 amide bonds. The van der Waals surface area contributed by atoms with Gasteiger partial charge in [0.25, 0.3) is 0 Å². The lowest BCUT2D eigenvalue weighted by atomic mass is 10.2. The largest absolute Gasteiger partial charge is 0.495 e. The zero-order valence-electron chi connectivity index (χ0n) is 12.7. The third-order valence-corrected chi connectivity index (χ3v) is 3.44. The Labute approximate surface area is 133 Å². The Morgan fingerprint density at radius 1 is 1.26 bits per heavy atom. The average Bonchev–Trinajstić information content (AvgIpc) is 2.94. The Hall–Kier alpha value is -3.02. The third-order valence-electron chi connectivity index (χ3n) is 3.44. The quantitative estimate of drug-likeness (QED) is 0.578. The van der Waals surface area contributed by atoms with E-state index >= 15 is 0 Å². The van der Waals surface area contributed by atoms with Gasteiger partial charge < -0.3 is 15.2 Å². The van der Waals surface area contributed by atoms with Gasteiger partial charge in [-0.05, 0) is 11.6 Å². The summed E-state index contributed by atoms with van der Waals surface area (Å²) in [4.78, 5) is 11.9. The monoisotopic (exact) mass is 311 g/mol. The van der Waals surface area contributed by atoms with Crippen molar-refractivity contribution in [1.82, 2.24) is 9.78 Å². The lowest BCUT2D eigenvalue weighted by Crippen LogP contribution is -2.13. The van der Waals surface area contributed by atoms with Gasteiger partial charge in [0.2, 0.25) is 0 Å². The minimum absolute atomic E-state index is 0.0454. The van der Waals surface area contributed by atoms with Crippen molar-refractivity contribution in [3.8, 4) is 5.75 Å². The summed E-state index contributed by atoms with van der Waals surface area (Å²) in [7, 11) is 1.55. The number of ether oxygens (including phenoxy) is 2. The van der Waals surface area contributed by atoms with Crippen molar-refractivity contribution >= 4 is 22.6 Å².